The molecule has 2 aromatic rings. The molecule has 1 aromatic heterocycles. The molecule has 1 heterocycles. The quantitative estimate of drug-likeness (QED) is 0.487. The Bertz CT molecular complexity index is 754. The molecule has 0 radical (unpaired) electrons. The molecule has 1 amide bonds. The van der Waals surface area contributed by atoms with Gasteiger partial charge in [-0.1, -0.05) is 12.1 Å². The van der Waals surface area contributed by atoms with Crippen LogP contribution in [0.25, 0.3) is 6.08 Å². The van der Waals surface area contributed by atoms with E-state index in [0.717, 1.165) is 11.1 Å². The molecule has 0 aliphatic rings. The fourth-order valence-electron chi connectivity index (χ4n) is 1.76. The first-order chi connectivity index (χ1) is 9.99. The first-order valence-electron chi connectivity index (χ1n) is 6.25. The van der Waals surface area contributed by atoms with Crippen LogP contribution in [0.5, 0.6) is 0 Å². The maximum absolute atomic E-state index is 12.2. The van der Waals surface area contributed by atoms with E-state index in [4.69, 9.17) is 9.68 Å². The third-order valence-corrected chi connectivity index (χ3v) is 3.47. The van der Waals surface area contributed by atoms with Crippen molar-refractivity contribution in [2.75, 3.05) is 5.32 Å². The zero-order valence-electron chi connectivity index (χ0n) is 11.6. The molecule has 0 bridgehead atoms. The van der Waals surface area contributed by atoms with E-state index in [1.165, 1.54) is 6.08 Å². The molecule has 0 spiro atoms. The zero-order valence-corrected chi connectivity index (χ0v) is 13.8. The summed E-state index contributed by atoms with van der Waals surface area (Å²) in [4.78, 5) is 12.2. The number of hydrogen-bond donors (Lipinski definition) is 1. The summed E-state index contributed by atoms with van der Waals surface area (Å²) in [6.07, 6.45) is 1.43. The highest BCUT2D eigenvalue weighted by Gasteiger charge is 2.12. The fourth-order valence-corrected chi connectivity index (χ4v) is 2.19. The van der Waals surface area contributed by atoms with Gasteiger partial charge in [-0.15, -0.1) is 0 Å². The number of hydrogen-bond acceptors (Lipinski definition) is 3. The molecule has 21 heavy (non-hydrogen) atoms. The van der Waals surface area contributed by atoms with Crippen molar-refractivity contribution < 1.29 is 9.21 Å². The molecule has 0 aliphatic carbocycles. The van der Waals surface area contributed by atoms with Crippen molar-refractivity contribution >= 4 is 40.3 Å². The molecule has 0 fully saturated rings. The van der Waals surface area contributed by atoms with E-state index in [-0.39, 0.29) is 5.57 Å². The number of aryl methyl sites for hydroxylation is 2. The number of carbonyl (C=O) groups is 1. The second-order valence-corrected chi connectivity index (χ2v) is 5.65. The second kappa shape index (κ2) is 6.59. The average Bonchev–Trinajstić information content (AvgIpc) is 2.85. The van der Waals surface area contributed by atoms with Gasteiger partial charge in [-0.3, -0.25) is 4.79 Å². The van der Waals surface area contributed by atoms with Crippen LogP contribution in [0.15, 0.2) is 40.3 Å². The third-order valence-electron chi connectivity index (χ3n) is 2.89. The van der Waals surface area contributed by atoms with Gasteiger partial charge in [-0.05, 0) is 65.8 Å². The van der Waals surface area contributed by atoms with Crippen LogP contribution in [-0.2, 0) is 4.79 Å². The van der Waals surface area contributed by atoms with Gasteiger partial charge in [0.05, 0.1) is 0 Å². The van der Waals surface area contributed by atoms with Crippen LogP contribution in [0.3, 0.4) is 0 Å². The van der Waals surface area contributed by atoms with E-state index in [0.29, 0.717) is 15.2 Å². The highest BCUT2D eigenvalue weighted by Crippen LogP contribution is 2.18. The summed E-state index contributed by atoms with van der Waals surface area (Å²) < 4.78 is 6.04. The van der Waals surface area contributed by atoms with Gasteiger partial charge in [0.25, 0.3) is 5.91 Å². The molecule has 5 heteroatoms. The molecule has 1 aromatic carbocycles. The molecule has 0 unspecified atom stereocenters. The van der Waals surface area contributed by atoms with Crippen LogP contribution < -0.4 is 5.32 Å². The minimum Gasteiger partial charge on any atom is -0.451 e. The number of halogens is 1. The van der Waals surface area contributed by atoms with E-state index in [1.54, 1.807) is 12.1 Å². The van der Waals surface area contributed by atoms with Gasteiger partial charge >= 0.3 is 0 Å². The largest absolute Gasteiger partial charge is 0.451 e. The van der Waals surface area contributed by atoms with Crippen LogP contribution in [0.4, 0.5) is 5.69 Å². The second-order valence-electron chi connectivity index (χ2n) is 4.58. The molecule has 0 atom stereocenters. The topological polar surface area (TPSA) is 66.0 Å². The Morgan fingerprint density at radius 2 is 2.10 bits per heavy atom. The first kappa shape index (κ1) is 15.3. The predicted molar refractivity (Wildman–Crippen MR) is 89.6 cm³/mol. The van der Waals surface area contributed by atoms with E-state index < -0.39 is 5.91 Å². The SMILES string of the molecule is Cc1ccc(C)c(NC(=O)/C(C#N)=C/c2ccc(I)o2)c1. The summed E-state index contributed by atoms with van der Waals surface area (Å²) in [5, 5.41) is 11.9. The third kappa shape index (κ3) is 3.95. The average molecular weight is 392 g/mol. The Morgan fingerprint density at radius 1 is 1.33 bits per heavy atom. The maximum Gasteiger partial charge on any atom is 0.266 e. The van der Waals surface area contributed by atoms with E-state index in [1.807, 2.05) is 60.7 Å². The highest BCUT2D eigenvalue weighted by molar-refractivity contribution is 14.1. The van der Waals surface area contributed by atoms with Gasteiger partial charge in [0.15, 0.2) is 3.77 Å². The van der Waals surface area contributed by atoms with E-state index in [9.17, 15) is 4.79 Å². The highest BCUT2D eigenvalue weighted by atomic mass is 127. The summed E-state index contributed by atoms with van der Waals surface area (Å²) in [7, 11) is 0. The van der Waals surface area contributed by atoms with Crippen molar-refractivity contribution in [3.8, 4) is 6.07 Å². The molecular weight excluding hydrogens is 379 g/mol. The Balaban J connectivity index is 2.23. The molecular formula is C16H13IN2O2. The lowest BCUT2D eigenvalue weighted by Crippen LogP contribution is -2.14. The summed E-state index contributed by atoms with van der Waals surface area (Å²) in [6, 6.07) is 11.1. The minimum atomic E-state index is -0.447. The van der Waals surface area contributed by atoms with Crippen molar-refractivity contribution in [3.63, 3.8) is 0 Å². The van der Waals surface area contributed by atoms with Crippen molar-refractivity contribution in [1.82, 2.24) is 0 Å². The number of carbonyl (C=O) groups excluding carboxylic acids is 1. The number of benzene rings is 1. The van der Waals surface area contributed by atoms with Gasteiger partial charge in [-0.2, -0.15) is 5.26 Å². The Labute approximate surface area is 136 Å². The van der Waals surface area contributed by atoms with E-state index in [2.05, 4.69) is 5.32 Å². The Hall–Kier alpha value is -2.07. The van der Waals surface area contributed by atoms with Gasteiger partial charge in [0.1, 0.15) is 17.4 Å². The fraction of sp³-hybridized carbons (Fsp3) is 0.125. The zero-order chi connectivity index (χ0) is 15.4. The van der Waals surface area contributed by atoms with Crippen LogP contribution >= 0.6 is 22.6 Å². The summed E-state index contributed by atoms with van der Waals surface area (Å²) >= 11 is 2.02. The summed E-state index contributed by atoms with van der Waals surface area (Å²) in [5.41, 5.74) is 2.69. The maximum atomic E-state index is 12.2. The number of nitrogens with zero attached hydrogens (tertiary/aromatic N) is 1. The predicted octanol–water partition coefficient (Wildman–Crippen LogP) is 4.05. The van der Waals surface area contributed by atoms with Crippen LogP contribution in [-0.4, -0.2) is 5.91 Å². The molecule has 2 rings (SSSR count). The lowest BCUT2D eigenvalue weighted by atomic mass is 10.1. The van der Waals surface area contributed by atoms with Crippen molar-refractivity contribution in [1.29, 1.82) is 5.26 Å². The van der Waals surface area contributed by atoms with Gasteiger partial charge < -0.3 is 9.73 Å². The monoisotopic (exact) mass is 392 g/mol. The summed E-state index contributed by atoms with van der Waals surface area (Å²) in [5.74, 6) is 0.0321. The number of nitriles is 1. The smallest absolute Gasteiger partial charge is 0.266 e. The van der Waals surface area contributed by atoms with Gasteiger partial charge in [-0.25, -0.2) is 0 Å². The number of amides is 1. The number of nitrogens with one attached hydrogen (secondary N) is 1. The van der Waals surface area contributed by atoms with Crippen LogP contribution in [0.1, 0.15) is 16.9 Å². The summed E-state index contributed by atoms with van der Waals surface area (Å²) in [6.45, 7) is 3.85. The molecule has 0 saturated heterocycles. The number of rotatable bonds is 3. The van der Waals surface area contributed by atoms with Gasteiger partial charge in [0, 0.05) is 11.8 Å². The number of anilines is 1. The van der Waals surface area contributed by atoms with Gasteiger partial charge in [0.2, 0.25) is 0 Å². The molecule has 106 valence electrons. The van der Waals surface area contributed by atoms with Crippen molar-refractivity contribution in [2.45, 2.75) is 13.8 Å². The number of furan rings is 1. The standard InChI is InChI=1S/C16H13IN2O2/c1-10-3-4-11(2)14(7-10)19-16(20)12(9-18)8-13-5-6-15(17)21-13/h3-8H,1-2H3,(H,19,20)/b12-8+. The molecule has 0 saturated carbocycles. The van der Waals surface area contributed by atoms with Crippen molar-refractivity contribution in [2.24, 2.45) is 0 Å². The van der Waals surface area contributed by atoms with Crippen LogP contribution in [0, 0.1) is 28.9 Å². The van der Waals surface area contributed by atoms with Crippen molar-refractivity contribution in [3.05, 3.63) is 56.6 Å². The van der Waals surface area contributed by atoms with E-state index >= 15 is 0 Å². The van der Waals surface area contributed by atoms with Crippen LogP contribution in [0.2, 0.25) is 0 Å². The molecule has 1 N–H and O–H groups in total. The minimum absolute atomic E-state index is 0.00153. The lowest BCUT2D eigenvalue weighted by molar-refractivity contribution is -0.112. The molecule has 0 aliphatic heterocycles. The first-order valence-corrected chi connectivity index (χ1v) is 7.33. The lowest BCUT2D eigenvalue weighted by Gasteiger charge is -2.08. The Morgan fingerprint density at radius 3 is 2.71 bits per heavy atom. The normalized spacial score (nSPS) is 11.0. The Kier molecular flexibility index (Phi) is 4.81. The molecule has 4 nitrogen and oxygen atoms in total.